The highest BCUT2D eigenvalue weighted by atomic mass is 32.1. The minimum Gasteiger partial charge on any atom is -0.367 e. The molecule has 1 aliphatic heterocycles. The predicted molar refractivity (Wildman–Crippen MR) is 132 cm³/mol. The van der Waals surface area contributed by atoms with Crippen molar-refractivity contribution in [2.24, 2.45) is 0 Å². The third-order valence-corrected chi connectivity index (χ3v) is 7.84. The van der Waals surface area contributed by atoms with Crippen LogP contribution in [0.15, 0.2) is 48.7 Å². The monoisotopic (exact) mass is 464 g/mol. The Bertz CT molecular complexity index is 1120. The molecular weight excluding hydrogens is 435 g/mol. The van der Waals surface area contributed by atoms with Crippen molar-refractivity contribution in [2.45, 2.75) is 38.6 Å². The molecule has 0 unspecified atom stereocenters. The number of piperazine rings is 1. The number of nitrogens with zero attached hydrogens (tertiary/aromatic N) is 3. The molecule has 1 aromatic carbocycles. The van der Waals surface area contributed by atoms with Gasteiger partial charge in [0.15, 0.2) is 0 Å². The van der Waals surface area contributed by atoms with Crippen LogP contribution >= 0.6 is 11.3 Å². The van der Waals surface area contributed by atoms with Gasteiger partial charge >= 0.3 is 0 Å². The molecule has 0 bridgehead atoms. The van der Waals surface area contributed by atoms with E-state index < -0.39 is 0 Å². The Morgan fingerprint density at radius 3 is 2.55 bits per heavy atom. The molecule has 5 rings (SSSR count). The van der Waals surface area contributed by atoms with E-state index in [1.807, 2.05) is 30.5 Å². The second-order valence-electron chi connectivity index (χ2n) is 8.77. The molecule has 0 radical (unpaired) electrons. The standard InChI is InChI=1S/C26H29FN4OS/c1-18(32)29-26-24(19-8-2-5-12-23(19)33-26)25(21-10-6-7-13-28-21)31-16-14-30(15-17-31)22-11-4-3-9-20(22)27/h3-4,6-7,9-11,13,25H,2,5,8,12,14-17H2,1H3,(H,29,32)/t25-/m1/s1. The zero-order valence-electron chi connectivity index (χ0n) is 18.9. The van der Waals surface area contributed by atoms with Gasteiger partial charge in [-0.1, -0.05) is 18.2 Å². The molecule has 0 saturated carbocycles. The first-order chi connectivity index (χ1) is 16.1. The van der Waals surface area contributed by atoms with Gasteiger partial charge in [0.25, 0.3) is 0 Å². The zero-order valence-corrected chi connectivity index (χ0v) is 19.7. The number of hydrogen-bond acceptors (Lipinski definition) is 5. The van der Waals surface area contributed by atoms with E-state index in [2.05, 4.69) is 21.2 Å². The number of nitrogens with one attached hydrogen (secondary N) is 1. The summed E-state index contributed by atoms with van der Waals surface area (Å²) in [6.45, 7) is 4.64. The second kappa shape index (κ2) is 9.61. The fraction of sp³-hybridized carbons (Fsp3) is 0.385. The molecule has 1 N–H and O–H groups in total. The topological polar surface area (TPSA) is 48.5 Å². The van der Waals surface area contributed by atoms with Crippen LogP contribution in [-0.4, -0.2) is 42.0 Å². The smallest absolute Gasteiger partial charge is 0.221 e. The highest BCUT2D eigenvalue weighted by Crippen LogP contribution is 2.45. The van der Waals surface area contributed by atoms with Crippen LogP contribution in [0.3, 0.4) is 0 Å². The van der Waals surface area contributed by atoms with Gasteiger partial charge in [-0.2, -0.15) is 0 Å². The summed E-state index contributed by atoms with van der Waals surface area (Å²) in [5.74, 6) is -0.217. The summed E-state index contributed by atoms with van der Waals surface area (Å²) in [6.07, 6.45) is 6.32. The third-order valence-electron chi connectivity index (χ3n) is 6.62. The fourth-order valence-corrected chi connectivity index (χ4v) is 6.48. The first-order valence-electron chi connectivity index (χ1n) is 11.7. The van der Waals surface area contributed by atoms with Crippen molar-refractivity contribution >= 4 is 27.9 Å². The van der Waals surface area contributed by atoms with Crippen LogP contribution in [0.25, 0.3) is 0 Å². The molecule has 2 aliphatic rings. The van der Waals surface area contributed by atoms with Crippen molar-refractivity contribution < 1.29 is 9.18 Å². The van der Waals surface area contributed by atoms with Gasteiger partial charge in [-0.3, -0.25) is 14.7 Å². The Morgan fingerprint density at radius 2 is 1.82 bits per heavy atom. The minimum absolute atomic E-state index is 0.0334. The Balaban J connectivity index is 1.51. The lowest BCUT2D eigenvalue weighted by Crippen LogP contribution is -2.48. The van der Waals surface area contributed by atoms with E-state index in [4.69, 9.17) is 4.98 Å². The molecule has 1 amide bonds. The van der Waals surface area contributed by atoms with Crippen molar-refractivity contribution in [2.75, 3.05) is 36.4 Å². The number of hydrogen-bond donors (Lipinski definition) is 1. The van der Waals surface area contributed by atoms with Gasteiger partial charge in [-0.05, 0) is 55.5 Å². The van der Waals surface area contributed by atoms with E-state index in [-0.39, 0.29) is 17.8 Å². The van der Waals surface area contributed by atoms with Crippen LogP contribution < -0.4 is 10.2 Å². The number of halogens is 1. The lowest BCUT2D eigenvalue weighted by Gasteiger charge is -2.40. The molecule has 1 saturated heterocycles. The minimum atomic E-state index is -0.174. The van der Waals surface area contributed by atoms with Gasteiger partial charge in [-0.15, -0.1) is 11.3 Å². The van der Waals surface area contributed by atoms with Crippen molar-refractivity contribution in [3.8, 4) is 0 Å². The molecule has 3 heterocycles. The number of rotatable bonds is 5. The van der Waals surface area contributed by atoms with Crippen molar-refractivity contribution in [1.82, 2.24) is 9.88 Å². The number of carbonyl (C=O) groups is 1. The van der Waals surface area contributed by atoms with Crippen molar-refractivity contribution in [3.63, 3.8) is 0 Å². The predicted octanol–water partition coefficient (Wildman–Crippen LogP) is 5.03. The maximum Gasteiger partial charge on any atom is 0.221 e. The lowest BCUT2D eigenvalue weighted by molar-refractivity contribution is -0.114. The van der Waals surface area contributed by atoms with Gasteiger partial charge in [0.05, 0.1) is 17.4 Å². The Labute approximate surface area is 198 Å². The van der Waals surface area contributed by atoms with Gasteiger partial charge in [0.2, 0.25) is 5.91 Å². The molecule has 172 valence electrons. The number of fused-ring (bicyclic) bond motifs is 1. The van der Waals surface area contributed by atoms with E-state index in [0.29, 0.717) is 5.69 Å². The molecule has 2 aromatic heterocycles. The maximum atomic E-state index is 14.4. The summed E-state index contributed by atoms with van der Waals surface area (Å²) in [7, 11) is 0. The number of para-hydroxylation sites is 1. The summed E-state index contributed by atoms with van der Waals surface area (Å²) >= 11 is 1.73. The molecule has 0 spiro atoms. The van der Waals surface area contributed by atoms with Crippen LogP contribution in [0.4, 0.5) is 15.1 Å². The van der Waals surface area contributed by atoms with Crippen molar-refractivity contribution in [1.29, 1.82) is 0 Å². The Hall–Kier alpha value is -2.77. The average molecular weight is 465 g/mol. The second-order valence-corrected chi connectivity index (χ2v) is 9.87. The molecule has 1 aliphatic carbocycles. The summed E-state index contributed by atoms with van der Waals surface area (Å²) in [5, 5.41) is 4.09. The highest BCUT2D eigenvalue weighted by molar-refractivity contribution is 7.16. The van der Waals surface area contributed by atoms with Gasteiger partial charge in [0, 0.05) is 49.7 Å². The summed E-state index contributed by atoms with van der Waals surface area (Å²) in [4.78, 5) is 22.8. The van der Waals surface area contributed by atoms with E-state index in [1.165, 1.54) is 34.9 Å². The summed E-state index contributed by atoms with van der Waals surface area (Å²) in [5.41, 5.74) is 4.26. The number of aromatic nitrogens is 1. The quantitative estimate of drug-likeness (QED) is 0.575. The van der Waals surface area contributed by atoms with Crippen LogP contribution in [0.5, 0.6) is 0 Å². The lowest BCUT2D eigenvalue weighted by atomic mass is 9.90. The fourth-order valence-electron chi connectivity index (χ4n) is 5.12. The Kier molecular flexibility index (Phi) is 6.42. The highest BCUT2D eigenvalue weighted by Gasteiger charge is 2.34. The molecule has 1 atom stereocenters. The number of anilines is 2. The van der Waals surface area contributed by atoms with Gasteiger partial charge in [0.1, 0.15) is 10.8 Å². The van der Waals surface area contributed by atoms with E-state index in [1.54, 1.807) is 24.3 Å². The third kappa shape index (κ3) is 4.52. The molecule has 5 nitrogen and oxygen atoms in total. The average Bonchev–Trinajstić information content (AvgIpc) is 3.18. The van der Waals surface area contributed by atoms with Crippen molar-refractivity contribution in [3.05, 3.63) is 76.2 Å². The van der Waals surface area contributed by atoms with Gasteiger partial charge < -0.3 is 10.2 Å². The first kappa shape index (κ1) is 22.0. The number of thiophene rings is 1. The van der Waals surface area contributed by atoms with Crippen LogP contribution in [-0.2, 0) is 17.6 Å². The van der Waals surface area contributed by atoms with E-state index in [9.17, 15) is 9.18 Å². The number of benzene rings is 1. The molecular formula is C26H29FN4OS. The largest absolute Gasteiger partial charge is 0.367 e. The number of carbonyl (C=O) groups excluding carboxylic acids is 1. The van der Waals surface area contributed by atoms with Crippen LogP contribution in [0.2, 0.25) is 0 Å². The molecule has 3 aromatic rings. The molecule has 1 fully saturated rings. The normalized spacial score (nSPS) is 17.5. The van der Waals surface area contributed by atoms with Gasteiger partial charge in [-0.25, -0.2) is 4.39 Å². The van der Waals surface area contributed by atoms with Crippen LogP contribution in [0, 0.1) is 5.82 Å². The maximum absolute atomic E-state index is 14.4. The zero-order chi connectivity index (χ0) is 22.8. The van der Waals surface area contributed by atoms with Crippen LogP contribution in [0.1, 0.15) is 47.5 Å². The number of amides is 1. The summed E-state index contributed by atoms with van der Waals surface area (Å²) in [6, 6.07) is 13.0. The number of pyridine rings is 1. The molecule has 33 heavy (non-hydrogen) atoms. The van der Waals surface area contributed by atoms with E-state index in [0.717, 1.165) is 49.7 Å². The number of aryl methyl sites for hydroxylation is 1. The SMILES string of the molecule is CC(=O)Nc1sc2c(c1[C@@H](c1ccccn1)N1CCN(c3ccccc3F)CC1)CCCC2. The molecule has 7 heteroatoms. The first-order valence-corrected chi connectivity index (χ1v) is 12.5. The summed E-state index contributed by atoms with van der Waals surface area (Å²) < 4.78 is 14.4. The Morgan fingerprint density at radius 1 is 1.06 bits per heavy atom. The van der Waals surface area contributed by atoms with E-state index >= 15 is 0 Å².